The lowest BCUT2D eigenvalue weighted by Gasteiger charge is -2.19. The van der Waals surface area contributed by atoms with E-state index in [1.807, 2.05) is 13.8 Å². The molecular weight excluding hydrogens is 318 g/mol. The van der Waals surface area contributed by atoms with E-state index in [2.05, 4.69) is 15.3 Å². The number of carbonyl (C=O) groups excluding carboxylic acids is 1. The van der Waals surface area contributed by atoms with Crippen molar-refractivity contribution in [3.8, 4) is 0 Å². The van der Waals surface area contributed by atoms with Gasteiger partial charge in [-0.1, -0.05) is 13.8 Å². The number of carbonyl (C=O) groups is 2. The lowest BCUT2D eigenvalue weighted by Crippen LogP contribution is -2.34. The normalized spacial score (nSPS) is 12.4. The number of anilines is 1. The summed E-state index contributed by atoms with van der Waals surface area (Å²) >= 11 is 1.22. The second-order valence-corrected chi connectivity index (χ2v) is 6.38. The SMILES string of the molecule is CCOC(=O)c1sc2ncnc(NC(C(=O)O)C(C)C)c2c1C. The highest BCUT2D eigenvalue weighted by Gasteiger charge is 2.25. The van der Waals surface area contributed by atoms with Crippen LogP contribution in [0.1, 0.15) is 36.0 Å². The Morgan fingerprint density at radius 3 is 2.65 bits per heavy atom. The molecule has 8 heteroatoms. The number of esters is 1. The van der Waals surface area contributed by atoms with Crippen molar-refractivity contribution < 1.29 is 19.4 Å². The average molecular weight is 337 g/mol. The molecule has 1 unspecified atom stereocenters. The van der Waals surface area contributed by atoms with Gasteiger partial charge in [0.15, 0.2) is 0 Å². The minimum Gasteiger partial charge on any atom is -0.480 e. The third-order valence-corrected chi connectivity index (χ3v) is 4.59. The number of aromatic nitrogens is 2. The Hall–Kier alpha value is -2.22. The third-order valence-electron chi connectivity index (χ3n) is 3.41. The first kappa shape index (κ1) is 17.1. The molecule has 0 saturated carbocycles. The number of aliphatic carboxylic acids is 1. The molecule has 7 nitrogen and oxygen atoms in total. The predicted molar refractivity (Wildman–Crippen MR) is 88.0 cm³/mol. The smallest absolute Gasteiger partial charge is 0.348 e. The van der Waals surface area contributed by atoms with E-state index in [-0.39, 0.29) is 12.5 Å². The number of carboxylic acid groups (broad SMARTS) is 1. The Labute approximate surface area is 137 Å². The van der Waals surface area contributed by atoms with Crippen LogP contribution in [0.25, 0.3) is 10.2 Å². The molecule has 0 aliphatic heterocycles. The maximum Gasteiger partial charge on any atom is 0.348 e. The van der Waals surface area contributed by atoms with Gasteiger partial charge in [0.05, 0.1) is 12.0 Å². The zero-order valence-electron chi connectivity index (χ0n) is 13.4. The van der Waals surface area contributed by atoms with Crippen LogP contribution in [0.2, 0.25) is 0 Å². The van der Waals surface area contributed by atoms with Gasteiger partial charge in [-0.2, -0.15) is 0 Å². The second-order valence-electron chi connectivity index (χ2n) is 5.38. The van der Waals surface area contributed by atoms with Gasteiger partial charge in [0.2, 0.25) is 0 Å². The average Bonchev–Trinajstić information content (AvgIpc) is 2.82. The Morgan fingerprint density at radius 2 is 2.09 bits per heavy atom. The van der Waals surface area contributed by atoms with Crippen molar-refractivity contribution in [3.63, 3.8) is 0 Å². The van der Waals surface area contributed by atoms with Crippen molar-refractivity contribution in [1.29, 1.82) is 0 Å². The number of hydrogen-bond acceptors (Lipinski definition) is 7. The molecular formula is C15H19N3O4S. The number of thiophene rings is 1. The first-order chi connectivity index (χ1) is 10.9. The minimum absolute atomic E-state index is 0.124. The predicted octanol–water partition coefficient (Wildman–Crippen LogP) is 2.70. The van der Waals surface area contributed by atoms with Crippen LogP contribution in [0, 0.1) is 12.8 Å². The first-order valence-electron chi connectivity index (χ1n) is 7.27. The van der Waals surface area contributed by atoms with Gasteiger partial charge >= 0.3 is 11.9 Å². The summed E-state index contributed by atoms with van der Waals surface area (Å²) in [6.45, 7) is 7.44. The van der Waals surface area contributed by atoms with E-state index in [1.165, 1.54) is 17.7 Å². The van der Waals surface area contributed by atoms with Crippen molar-refractivity contribution in [2.24, 2.45) is 5.92 Å². The topological polar surface area (TPSA) is 101 Å². The van der Waals surface area contributed by atoms with Crippen LogP contribution in [0.5, 0.6) is 0 Å². The molecule has 23 heavy (non-hydrogen) atoms. The summed E-state index contributed by atoms with van der Waals surface area (Å²) in [6.07, 6.45) is 1.36. The molecule has 2 aromatic rings. The van der Waals surface area contributed by atoms with Crippen molar-refractivity contribution in [3.05, 3.63) is 16.8 Å². The molecule has 124 valence electrons. The van der Waals surface area contributed by atoms with Crippen molar-refractivity contribution in [2.75, 3.05) is 11.9 Å². The molecule has 0 aliphatic rings. The lowest BCUT2D eigenvalue weighted by molar-refractivity contribution is -0.138. The fraction of sp³-hybridized carbons (Fsp3) is 0.467. The fourth-order valence-corrected chi connectivity index (χ4v) is 3.28. The molecule has 0 aromatic carbocycles. The second kappa shape index (κ2) is 6.91. The third kappa shape index (κ3) is 3.42. The fourth-order valence-electron chi connectivity index (χ4n) is 2.23. The lowest BCUT2D eigenvalue weighted by atomic mass is 10.0. The van der Waals surface area contributed by atoms with Crippen molar-refractivity contribution in [2.45, 2.75) is 33.7 Å². The van der Waals surface area contributed by atoms with Gasteiger partial charge < -0.3 is 15.2 Å². The molecule has 2 heterocycles. The minimum atomic E-state index is -0.953. The molecule has 0 bridgehead atoms. The van der Waals surface area contributed by atoms with Gasteiger partial charge in [-0.3, -0.25) is 0 Å². The Bertz CT molecular complexity index is 742. The van der Waals surface area contributed by atoms with E-state index >= 15 is 0 Å². The largest absolute Gasteiger partial charge is 0.480 e. The number of fused-ring (bicyclic) bond motifs is 1. The maximum absolute atomic E-state index is 12.0. The standard InChI is InChI=1S/C15H19N3O4S/c1-5-22-15(21)11-8(4)9-12(16-6-17-13(9)23-11)18-10(7(2)3)14(19)20/h6-7,10H,5H2,1-4H3,(H,19,20)(H,16,17,18). The van der Waals surface area contributed by atoms with Crippen LogP contribution in [-0.4, -0.2) is 39.7 Å². The summed E-state index contributed by atoms with van der Waals surface area (Å²) in [5.74, 6) is -1.07. The summed E-state index contributed by atoms with van der Waals surface area (Å²) in [7, 11) is 0. The van der Waals surface area contributed by atoms with Gasteiger partial charge in [-0.05, 0) is 25.3 Å². The molecule has 0 spiro atoms. The summed E-state index contributed by atoms with van der Waals surface area (Å²) in [4.78, 5) is 32.8. The summed E-state index contributed by atoms with van der Waals surface area (Å²) in [5, 5.41) is 12.9. The number of hydrogen-bond donors (Lipinski definition) is 2. The number of carboxylic acids is 1. The van der Waals surface area contributed by atoms with Crippen molar-refractivity contribution in [1.82, 2.24) is 9.97 Å². The van der Waals surface area contributed by atoms with E-state index < -0.39 is 18.0 Å². The molecule has 0 aliphatic carbocycles. The van der Waals surface area contributed by atoms with Crippen LogP contribution in [-0.2, 0) is 9.53 Å². The number of rotatable bonds is 6. The number of nitrogens with zero attached hydrogens (tertiary/aromatic N) is 2. The molecule has 1 atom stereocenters. The highest BCUT2D eigenvalue weighted by Crippen LogP contribution is 2.34. The van der Waals surface area contributed by atoms with Crippen LogP contribution < -0.4 is 5.32 Å². The van der Waals surface area contributed by atoms with Gasteiger partial charge in [-0.25, -0.2) is 19.6 Å². The molecule has 2 rings (SSSR count). The van der Waals surface area contributed by atoms with Crippen molar-refractivity contribution >= 4 is 39.3 Å². The zero-order chi connectivity index (χ0) is 17.1. The Balaban J connectivity index is 2.49. The first-order valence-corrected chi connectivity index (χ1v) is 8.09. The van der Waals surface area contributed by atoms with E-state index in [9.17, 15) is 14.7 Å². The molecule has 0 saturated heterocycles. The highest BCUT2D eigenvalue weighted by atomic mass is 32.1. The van der Waals surface area contributed by atoms with Gasteiger partial charge in [0.1, 0.15) is 27.9 Å². The summed E-state index contributed by atoms with van der Waals surface area (Å²) < 4.78 is 5.04. The monoisotopic (exact) mass is 337 g/mol. The molecule has 2 aromatic heterocycles. The number of nitrogens with one attached hydrogen (secondary N) is 1. The number of ether oxygens (including phenoxy) is 1. The molecule has 0 fully saturated rings. The van der Waals surface area contributed by atoms with E-state index in [4.69, 9.17) is 4.74 Å². The summed E-state index contributed by atoms with van der Waals surface area (Å²) in [5.41, 5.74) is 0.694. The van der Waals surface area contributed by atoms with Crippen LogP contribution in [0.15, 0.2) is 6.33 Å². The van der Waals surface area contributed by atoms with Crippen LogP contribution in [0.3, 0.4) is 0 Å². The van der Waals surface area contributed by atoms with Crippen LogP contribution in [0.4, 0.5) is 5.82 Å². The molecule has 0 amide bonds. The Kier molecular flexibility index (Phi) is 5.15. The highest BCUT2D eigenvalue weighted by molar-refractivity contribution is 7.20. The maximum atomic E-state index is 12.0. The van der Waals surface area contributed by atoms with Gasteiger partial charge in [0.25, 0.3) is 0 Å². The Morgan fingerprint density at radius 1 is 1.39 bits per heavy atom. The zero-order valence-corrected chi connectivity index (χ0v) is 14.2. The summed E-state index contributed by atoms with van der Waals surface area (Å²) in [6, 6.07) is -0.779. The van der Waals surface area contributed by atoms with Gasteiger partial charge in [0, 0.05) is 0 Å². The van der Waals surface area contributed by atoms with E-state index in [1.54, 1.807) is 13.8 Å². The van der Waals surface area contributed by atoms with E-state index in [0.29, 0.717) is 26.5 Å². The molecule has 2 N–H and O–H groups in total. The number of aryl methyl sites for hydroxylation is 1. The van der Waals surface area contributed by atoms with Gasteiger partial charge in [-0.15, -0.1) is 11.3 Å². The quantitative estimate of drug-likeness (QED) is 0.781. The van der Waals surface area contributed by atoms with Crippen LogP contribution >= 0.6 is 11.3 Å². The molecule has 0 radical (unpaired) electrons. The van der Waals surface area contributed by atoms with E-state index in [0.717, 1.165) is 0 Å².